The lowest BCUT2D eigenvalue weighted by atomic mass is 10.2. The van der Waals surface area contributed by atoms with Crippen LogP contribution in [-0.4, -0.2) is 8.42 Å². The number of benzene rings is 2. The number of nitrogens with one attached hydrogen (secondary N) is 1. The normalized spacial score (nSPS) is 11.5. The minimum absolute atomic E-state index is 0.0569. The van der Waals surface area contributed by atoms with E-state index >= 15 is 0 Å². The van der Waals surface area contributed by atoms with Crippen molar-refractivity contribution in [2.75, 3.05) is 5.73 Å². The first-order valence-corrected chi connectivity index (χ1v) is 7.92. The van der Waals surface area contributed by atoms with E-state index in [9.17, 15) is 8.42 Å². The van der Waals surface area contributed by atoms with Crippen LogP contribution >= 0.6 is 23.2 Å². The molecule has 0 aliphatic carbocycles. The predicted octanol–water partition coefficient (Wildman–Crippen LogP) is 3.05. The van der Waals surface area contributed by atoms with Crippen LogP contribution in [0.2, 0.25) is 10.0 Å². The Morgan fingerprint density at radius 2 is 1.75 bits per heavy atom. The summed E-state index contributed by atoms with van der Waals surface area (Å²) in [7, 11) is -3.66. The van der Waals surface area contributed by atoms with Crippen molar-refractivity contribution in [1.29, 1.82) is 0 Å². The van der Waals surface area contributed by atoms with Crippen molar-refractivity contribution in [3.8, 4) is 0 Å². The molecule has 7 heteroatoms. The Balaban J connectivity index is 2.19. The molecule has 20 heavy (non-hydrogen) atoms. The molecule has 0 saturated carbocycles. The molecule has 106 valence electrons. The van der Waals surface area contributed by atoms with Gasteiger partial charge in [0.25, 0.3) is 0 Å². The molecule has 0 fully saturated rings. The van der Waals surface area contributed by atoms with Crippen LogP contribution in [0, 0.1) is 0 Å². The van der Waals surface area contributed by atoms with Crippen LogP contribution in [0.5, 0.6) is 0 Å². The Labute approximate surface area is 127 Å². The molecule has 0 radical (unpaired) electrons. The van der Waals surface area contributed by atoms with Crippen molar-refractivity contribution in [3.63, 3.8) is 0 Å². The summed E-state index contributed by atoms with van der Waals surface area (Å²) in [5.74, 6) is 0. The van der Waals surface area contributed by atoms with Gasteiger partial charge in [0, 0.05) is 12.2 Å². The first-order valence-electron chi connectivity index (χ1n) is 5.68. The summed E-state index contributed by atoms with van der Waals surface area (Å²) in [6.45, 7) is 0.106. The highest BCUT2D eigenvalue weighted by Gasteiger charge is 2.15. The Morgan fingerprint density at radius 1 is 1.05 bits per heavy atom. The molecule has 0 unspecified atom stereocenters. The molecule has 0 bridgehead atoms. The monoisotopic (exact) mass is 330 g/mol. The van der Waals surface area contributed by atoms with Gasteiger partial charge in [0.1, 0.15) is 0 Å². The Hall–Kier alpha value is -1.27. The fourth-order valence-corrected chi connectivity index (χ4v) is 2.99. The molecule has 2 aromatic rings. The molecule has 0 atom stereocenters. The first-order chi connectivity index (χ1) is 9.40. The number of rotatable bonds is 4. The number of hydrogen-bond acceptors (Lipinski definition) is 3. The van der Waals surface area contributed by atoms with Gasteiger partial charge in [-0.2, -0.15) is 0 Å². The summed E-state index contributed by atoms with van der Waals surface area (Å²) < 4.78 is 26.7. The van der Waals surface area contributed by atoms with Crippen molar-refractivity contribution in [3.05, 3.63) is 58.1 Å². The standard InChI is InChI=1S/C13H12Cl2N2O2S/c14-11-6-5-10(7-12(11)15)20(18,19)17-8-9-3-1-2-4-13(9)16/h1-7,17H,8,16H2. The van der Waals surface area contributed by atoms with E-state index < -0.39 is 10.0 Å². The molecule has 0 aliphatic rings. The number of sulfonamides is 1. The van der Waals surface area contributed by atoms with Gasteiger partial charge in [0.2, 0.25) is 10.0 Å². The van der Waals surface area contributed by atoms with Gasteiger partial charge in [-0.05, 0) is 29.8 Å². The molecule has 2 aromatic carbocycles. The molecule has 0 aliphatic heterocycles. The fourth-order valence-electron chi connectivity index (χ4n) is 1.60. The number of anilines is 1. The number of nitrogens with two attached hydrogens (primary N) is 1. The highest BCUT2D eigenvalue weighted by atomic mass is 35.5. The summed E-state index contributed by atoms with van der Waals surface area (Å²) in [4.78, 5) is 0.0569. The highest BCUT2D eigenvalue weighted by Crippen LogP contribution is 2.24. The van der Waals surface area contributed by atoms with Gasteiger partial charge in [0.15, 0.2) is 0 Å². The second-order valence-electron chi connectivity index (χ2n) is 4.10. The van der Waals surface area contributed by atoms with Crippen LogP contribution in [0.25, 0.3) is 0 Å². The number of nitrogen functional groups attached to an aromatic ring is 1. The summed E-state index contributed by atoms with van der Waals surface area (Å²) in [5, 5.41) is 0.492. The van der Waals surface area contributed by atoms with Crippen LogP contribution in [0.4, 0.5) is 5.69 Å². The average Bonchev–Trinajstić information content (AvgIpc) is 2.41. The van der Waals surface area contributed by atoms with E-state index in [0.717, 1.165) is 0 Å². The van der Waals surface area contributed by atoms with E-state index in [2.05, 4.69) is 4.72 Å². The number of para-hydroxylation sites is 1. The van der Waals surface area contributed by atoms with Crippen molar-refractivity contribution in [2.45, 2.75) is 11.4 Å². The SMILES string of the molecule is Nc1ccccc1CNS(=O)(=O)c1ccc(Cl)c(Cl)c1. The van der Waals surface area contributed by atoms with Crippen LogP contribution in [0.3, 0.4) is 0 Å². The summed E-state index contributed by atoms with van der Waals surface area (Å²) in [6, 6.07) is 11.2. The van der Waals surface area contributed by atoms with E-state index in [1.54, 1.807) is 24.3 Å². The zero-order valence-corrected chi connectivity index (χ0v) is 12.6. The molecule has 0 heterocycles. The lowest BCUT2D eigenvalue weighted by molar-refractivity contribution is 0.581. The zero-order chi connectivity index (χ0) is 14.8. The van der Waals surface area contributed by atoms with Crippen molar-refractivity contribution < 1.29 is 8.42 Å². The summed E-state index contributed by atoms with van der Waals surface area (Å²) >= 11 is 11.6. The quantitative estimate of drug-likeness (QED) is 0.846. The topological polar surface area (TPSA) is 72.2 Å². The highest BCUT2D eigenvalue weighted by molar-refractivity contribution is 7.89. The fraction of sp³-hybridized carbons (Fsp3) is 0.0769. The third-order valence-corrected chi connectivity index (χ3v) is 4.85. The Morgan fingerprint density at radius 3 is 2.40 bits per heavy atom. The Kier molecular flexibility index (Phi) is 4.55. The van der Waals surface area contributed by atoms with Crippen LogP contribution in [0.15, 0.2) is 47.4 Å². The summed E-state index contributed by atoms with van der Waals surface area (Å²) in [6.07, 6.45) is 0. The number of hydrogen-bond donors (Lipinski definition) is 2. The van der Waals surface area contributed by atoms with Gasteiger partial charge in [0.05, 0.1) is 14.9 Å². The van der Waals surface area contributed by atoms with E-state index in [0.29, 0.717) is 16.3 Å². The van der Waals surface area contributed by atoms with Gasteiger partial charge >= 0.3 is 0 Å². The molecule has 0 aromatic heterocycles. The Bertz CT molecular complexity index is 733. The van der Waals surface area contributed by atoms with Gasteiger partial charge in [-0.15, -0.1) is 0 Å². The van der Waals surface area contributed by atoms with E-state index in [1.165, 1.54) is 18.2 Å². The first kappa shape index (κ1) is 15.1. The second kappa shape index (κ2) is 6.01. The largest absolute Gasteiger partial charge is 0.398 e. The molecule has 0 amide bonds. The van der Waals surface area contributed by atoms with Crippen molar-refractivity contribution >= 4 is 38.9 Å². The van der Waals surface area contributed by atoms with Gasteiger partial charge < -0.3 is 5.73 Å². The summed E-state index contributed by atoms with van der Waals surface area (Å²) in [5.41, 5.74) is 7.00. The molecule has 0 saturated heterocycles. The lowest BCUT2D eigenvalue weighted by Crippen LogP contribution is -2.23. The molecule has 3 N–H and O–H groups in total. The van der Waals surface area contributed by atoms with Crippen molar-refractivity contribution in [2.24, 2.45) is 0 Å². The number of halogens is 2. The zero-order valence-electron chi connectivity index (χ0n) is 10.3. The maximum Gasteiger partial charge on any atom is 0.240 e. The van der Waals surface area contributed by atoms with E-state index in [4.69, 9.17) is 28.9 Å². The molecular weight excluding hydrogens is 319 g/mol. The predicted molar refractivity (Wildman–Crippen MR) is 81.3 cm³/mol. The van der Waals surface area contributed by atoms with Crippen molar-refractivity contribution in [1.82, 2.24) is 4.72 Å². The second-order valence-corrected chi connectivity index (χ2v) is 6.68. The van der Waals surface area contributed by atoms with Crippen LogP contribution in [-0.2, 0) is 16.6 Å². The molecule has 4 nitrogen and oxygen atoms in total. The maximum absolute atomic E-state index is 12.1. The van der Waals surface area contributed by atoms with E-state index in [1.807, 2.05) is 0 Å². The van der Waals surface area contributed by atoms with E-state index in [-0.39, 0.29) is 16.5 Å². The third kappa shape index (κ3) is 3.43. The lowest BCUT2D eigenvalue weighted by Gasteiger charge is -2.09. The molecule has 0 spiro atoms. The molecule has 2 rings (SSSR count). The van der Waals surface area contributed by atoms with Gasteiger partial charge in [-0.3, -0.25) is 0 Å². The molecular formula is C13H12Cl2N2O2S. The maximum atomic E-state index is 12.1. The third-order valence-electron chi connectivity index (χ3n) is 2.71. The van der Waals surface area contributed by atoms with Gasteiger partial charge in [-0.25, -0.2) is 13.1 Å². The minimum atomic E-state index is -3.66. The average molecular weight is 331 g/mol. The minimum Gasteiger partial charge on any atom is -0.398 e. The van der Waals surface area contributed by atoms with Crippen LogP contribution < -0.4 is 10.5 Å². The smallest absolute Gasteiger partial charge is 0.240 e. The van der Waals surface area contributed by atoms with Crippen LogP contribution in [0.1, 0.15) is 5.56 Å². The van der Waals surface area contributed by atoms with Gasteiger partial charge in [-0.1, -0.05) is 41.4 Å².